The van der Waals surface area contributed by atoms with Gasteiger partial charge < -0.3 is 10.2 Å². The normalized spacial score (nSPS) is 10.9. The van der Waals surface area contributed by atoms with Gasteiger partial charge in [-0.3, -0.25) is 9.59 Å². The molecule has 0 atom stereocenters. The van der Waals surface area contributed by atoms with Crippen LogP contribution in [0.3, 0.4) is 0 Å². The second-order valence-corrected chi connectivity index (χ2v) is 7.60. The number of aliphatic carboxylic acids is 2. The summed E-state index contributed by atoms with van der Waals surface area (Å²) < 4.78 is 0. The van der Waals surface area contributed by atoms with Gasteiger partial charge in [-0.2, -0.15) is 0 Å². The Kier molecular flexibility index (Phi) is 12.2. The van der Waals surface area contributed by atoms with Gasteiger partial charge in [0.25, 0.3) is 0 Å². The molecule has 152 valence electrons. The van der Waals surface area contributed by atoms with Crippen molar-refractivity contribution in [1.82, 2.24) is 0 Å². The molecule has 0 saturated carbocycles. The van der Waals surface area contributed by atoms with Crippen LogP contribution in [0, 0.1) is 6.92 Å². The van der Waals surface area contributed by atoms with Gasteiger partial charge in [0.1, 0.15) is 0 Å². The molecule has 0 unspecified atom stereocenters. The molecule has 0 aliphatic heterocycles. The van der Waals surface area contributed by atoms with Crippen molar-refractivity contribution in [1.29, 1.82) is 0 Å². The Bertz CT molecular complexity index is 565. The second kappa shape index (κ2) is 14.2. The molecule has 4 nitrogen and oxygen atoms in total. The maximum Gasteiger partial charge on any atom is 0.303 e. The molecular formula is C23H36O4. The highest BCUT2D eigenvalue weighted by atomic mass is 16.4. The molecule has 1 rings (SSSR count). The minimum Gasteiger partial charge on any atom is -0.481 e. The summed E-state index contributed by atoms with van der Waals surface area (Å²) in [6.07, 6.45) is 13.3. The van der Waals surface area contributed by atoms with Crippen molar-refractivity contribution in [3.05, 3.63) is 34.9 Å². The smallest absolute Gasteiger partial charge is 0.303 e. The number of rotatable bonds is 16. The van der Waals surface area contributed by atoms with Crippen LogP contribution in [0.5, 0.6) is 0 Å². The predicted molar refractivity (Wildman–Crippen MR) is 109 cm³/mol. The summed E-state index contributed by atoms with van der Waals surface area (Å²) in [5, 5.41) is 17.3. The molecule has 0 aliphatic rings. The molecule has 0 aromatic heterocycles. The number of carbonyl (C=O) groups is 2. The van der Waals surface area contributed by atoms with Crippen LogP contribution in [-0.2, 0) is 22.4 Å². The molecule has 0 saturated heterocycles. The summed E-state index contributed by atoms with van der Waals surface area (Å²) in [4.78, 5) is 21.0. The fourth-order valence-corrected chi connectivity index (χ4v) is 3.48. The Morgan fingerprint density at radius 1 is 0.667 bits per heavy atom. The molecule has 0 amide bonds. The van der Waals surface area contributed by atoms with E-state index in [-0.39, 0.29) is 0 Å². The van der Waals surface area contributed by atoms with Crippen molar-refractivity contribution in [2.75, 3.05) is 0 Å². The van der Waals surface area contributed by atoms with Gasteiger partial charge in [-0.25, -0.2) is 0 Å². The van der Waals surface area contributed by atoms with E-state index >= 15 is 0 Å². The van der Waals surface area contributed by atoms with Gasteiger partial charge in [-0.05, 0) is 56.6 Å². The zero-order valence-electron chi connectivity index (χ0n) is 16.8. The van der Waals surface area contributed by atoms with E-state index in [4.69, 9.17) is 10.2 Å². The number of carboxylic acids is 2. The monoisotopic (exact) mass is 376 g/mol. The first kappa shape index (κ1) is 23.2. The number of benzene rings is 1. The highest BCUT2D eigenvalue weighted by molar-refractivity contribution is 5.66. The largest absolute Gasteiger partial charge is 0.481 e. The first-order valence-corrected chi connectivity index (χ1v) is 10.5. The van der Waals surface area contributed by atoms with Gasteiger partial charge in [0.2, 0.25) is 0 Å². The summed E-state index contributed by atoms with van der Waals surface area (Å²) in [6.45, 7) is 2.14. The van der Waals surface area contributed by atoms with Gasteiger partial charge in [0, 0.05) is 12.8 Å². The third kappa shape index (κ3) is 12.2. The lowest BCUT2D eigenvalue weighted by Gasteiger charge is -2.11. The third-order valence-electron chi connectivity index (χ3n) is 5.04. The van der Waals surface area contributed by atoms with Crippen LogP contribution >= 0.6 is 0 Å². The van der Waals surface area contributed by atoms with E-state index < -0.39 is 11.9 Å². The topological polar surface area (TPSA) is 74.6 Å². The highest BCUT2D eigenvalue weighted by Crippen LogP contribution is 2.19. The average molecular weight is 377 g/mol. The molecule has 1 aromatic rings. The maximum absolute atomic E-state index is 10.5. The van der Waals surface area contributed by atoms with Crippen molar-refractivity contribution in [2.45, 2.75) is 96.8 Å². The van der Waals surface area contributed by atoms with Crippen LogP contribution in [0.4, 0.5) is 0 Å². The van der Waals surface area contributed by atoms with Crippen LogP contribution in [0.2, 0.25) is 0 Å². The summed E-state index contributed by atoms with van der Waals surface area (Å²) >= 11 is 0. The fourth-order valence-electron chi connectivity index (χ4n) is 3.48. The number of carboxylic acid groups (broad SMARTS) is 2. The molecule has 4 heteroatoms. The molecule has 1 aromatic carbocycles. The summed E-state index contributed by atoms with van der Waals surface area (Å²) in [7, 11) is 0. The quantitative estimate of drug-likeness (QED) is 0.351. The zero-order chi connectivity index (χ0) is 19.9. The lowest BCUT2D eigenvalue weighted by Crippen LogP contribution is -1.97. The Hall–Kier alpha value is -1.84. The van der Waals surface area contributed by atoms with Crippen molar-refractivity contribution in [3.8, 4) is 0 Å². The Labute approximate surface area is 164 Å². The van der Waals surface area contributed by atoms with Gasteiger partial charge in [0.15, 0.2) is 0 Å². The lowest BCUT2D eigenvalue weighted by molar-refractivity contribution is -0.138. The second-order valence-electron chi connectivity index (χ2n) is 7.60. The maximum atomic E-state index is 10.5. The standard InChI is InChI=1S/C23H36O4/c1-19-16-17-20(12-8-4-2-6-10-14-22(24)25)21(18-19)13-9-5-3-7-11-15-23(26)27/h16-18H,2-15H2,1H3,(H,24,25)(H,26,27). The van der Waals surface area contributed by atoms with E-state index in [1.54, 1.807) is 0 Å². The highest BCUT2D eigenvalue weighted by Gasteiger charge is 2.04. The SMILES string of the molecule is Cc1ccc(CCCCCCCC(=O)O)c(CCCCCCCC(=O)O)c1. The number of hydrogen-bond donors (Lipinski definition) is 2. The number of aryl methyl sites for hydroxylation is 3. The summed E-state index contributed by atoms with van der Waals surface area (Å²) in [5.41, 5.74) is 4.23. The zero-order valence-corrected chi connectivity index (χ0v) is 16.8. The first-order chi connectivity index (χ1) is 13.0. The van der Waals surface area contributed by atoms with Gasteiger partial charge in [-0.15, -0.1) is 0 Å². The van der Waals surface area contributed by atoms with Gasteiger partial charge >= 0.3 is 11.9 Å². The van der Waals surface area contributed by atoms with Gasteiger partial charge in [0.05, 0.1) is 0 Å². The Morgan fingerprint density at radius 2 is 1.11 bits per heavy atom. The average Bonchev–Trinajstić information content (AvgIpc) is 2.61. The fraction of sp³-hybridized carbons (Fsp3) is 0.652. The molecule has 0 heterocycles. The Morgan fingerprint density at radius 3 is 1.63 bits per heavy atom. The van der Waals surface area contributed by atoms with E-state index in [2.05, 4.69) is 25.1 Å². The van der Waals surface area contributed by atoms with Crippen LogP contribution in [0.15, 0.2) is 18.2 Å². The molecule has 0 aliphatic carbocycles. The van der Waals surface area contributed by atoms with Crippen molar-refractivity contribution < 1.29 is 19.8 Å². The van der Waals surface area contributed by atoms with E-state index in [1.165, 1.54) is 29.5 Å². The van der Waals surface area contributed by atoms with Crippen LogP contribution < -0.4 is 0 Å². The van der Waals surface area contributed by atoms with E-state index in [1.807, 2.05) is 0 Å². The predicted octanol–water partition coefficient (Wildman–Crippen LogP) is 5.93. The molecule has 0 fully saturated rings. The molecule has 0 spiro atoms. The number of unbranched alkanes of at least 4 members (excludes halogenated alkanes) is 8. The number of hydrogen-bond acceptors (Lipinski definition) is 2. The van der Waals surface area contributed by atoms with Crippen LogP contribution in [-0.4, -0.2) is 22.2 Å². The molecular weight excluding hydrogens is 340 g/mol. The summed E-state index contributed by atoms with van der Waals surface area (Å²) in [5.74, 6) is -1.39. The molecule has 27 heavy (non-hydrogen) atoms. The summed E-state index contributed by atoms with van der Waals surface area (Å²) in [6, 6.07) is 6.77. The van der Waals surface area contributed by atoms with E-state index in [0.717, 1.165) is 64.2 Å². The van der Waals surface area contributed by atoms with Crippen molar-refractivity contribution in [3.63, 3.8) is 0 Å². The first-order valence-electron chi connectivity index (χ1n) is 10.5. The van der Waals surface area contributed by atoms with E-state index in [9.17, 15) is 9.59 Å². The lowest BCUT2D eigenvalue weighted by atomic mass is 9.95. The Balaban J connectivity index is 2.25. The third-order valence-corrected chi connectivity index (χ3v) is 5.04. The minimum absolute atomic E-state index is 0.290. The molecule has 0 radical (unpaired) electrons. The van der Waals surface area contributed by atoms with Gasteiger partial charge in [-0.1, -0.05) is 62.3 Å². The van der Waals surface area contributed by atoms with Crippen molar-refractivity contribution in [2.24, 2.45) is 0 Å². The molecule has 0 bridgehead atoms. The molecule has 2 N–H and O–H groups in total. The minimum atomic E-state index is -0.693. The van der Waals surface area contributed by atoms with Crippen molar-refractivity contribution >= 4 is 11.9 Å². The van der Waals surface area contributed by atoms with E-state index in [0.29, 0.717) is 12.8 Å². The van der Waals surface area contributed by atoms with Crippen LogP contribution in [0.25, 0.3) is 0 Å². The van der Waals surface area contributed by atoms with Crippen LogP contribution in [0.1, 0.15) is 93.7 Å².